The first-order valence-electron chi connectivity index (χ1n) is 7.93. The number of furan rings is 1. The minimum atomic E-state index is -0.527. The van der Waals surface area contributed by atoms with E-state index in [1.54, 1.807) is 13.1 Å². The molecular weight excluding hydrogens is 308 g/mol. The summed E-state index contributed by atoms with van der Waals surface area (Å²) >= 11 is 0. The van der Waals surface area contributed by atoms with Gasteiger partial charge in [-0.25, -0.2) is 9.78 Å². The van der Waals surface area contributed by atoms with Gasteiger partial charge in [0.15, 0.2) is 11.3 Å². The molecule has 2 aromatic rings. The first kappa shape index (κ1) is 16.3. The maximum absolute atomic E-state index is 12.1. The zero-order valence-electron chi connectivity index (χ0n) is 14.1. The van der Waals surface area contributed by atoms with Crippen molar-refractivity contribution in [2.45, 2.75) is 18.9 Å². The van der Waals surface area contributed by atoms with Gasteiger partial charge >= 0.3 is 12.0 Å². The Balaban J connectivity index is 1.95. The largest absolute Gasteiger partial charge is 0.464 e. The number of anilines is 1. The molecule has 0 saturated carbocycles. The normalized spacial score (nSPS) is 15.8. The molecule has 1 fully saturated rings. The standard InChI is InChI=1S/C17H21N4O3/c1-18-10-13-8-11-9-14(19-12-4-6-21(2)7-5-12)20-15(16(11)24-13)17(22)23-3/h8-9,12H,4-7H2,1-3H3,(H,19,20)/q+1. The van der Waals surface area contributed by atoms with Gasteiger partial charge in [-0.3, -0.25) is 0 Å². The fourth-order valence-electron chi connectivity index (χ4n) is 2.88. The lowest BCUT2D eigenvalue weighted by Gasteiger charge is -2.29. The van der Waals surface area contributed by atoms with Crippen LogP contribution in [0.15, 0.2) is 16.5 Å². The number of hydrogen-bond donors (Lipinski definition) is 1. The van der Waals surface area contributed by atoms with Gasteiger partial charge in [0.05, 0.1) is 7.11 Å². The summed E-state index contributed by atoms with van der Waals surface area (Å²) in [6, 6.07) is 6.75. The van der Waals surface area contributed by atoms with Crippen molar-refractivity contribution >= 4 is 22.8 Å². The number of nitrogens with one attached hydrogen (secondary N) is 1. The first-order chi connectivity index (χ1) is 11.6. The van der Waals surface area contributed by atoms with Crippen molar-refractivity contribution in [3.8, 4) is 6.07 Å². The summed E-state index contributed by atoms with van der Waals surface area (Å²) in [6.07, 6.45) is 2.08. The van der Waals surface area contributed by atoms with E-state index in [0.29, 0.717) is 23.2 Å². The van der Waals surface area contributed by atoms with Crippen LogP contribution >= 0.6 is 0 Å². The van der Waals surface area contributed by atoms with E-state index < -0.39 is 5.97 Å². The molecule has 0 unspecified atom stereocenters. The van der Waals surface area contributed by atoms with Gasteiger partial charge in [-0.1, -0.05) is 4.85 Å². The number of piperidine rings is 1. The van der Waals surface area contributed by atoms with Crippen molar-refractivity contribution in [2.24, 2.45) is 0 Å². The van der Waals surface area contributed by atoms with Crippen molar-refractivity contribution in [2.75, 3.05) is 39.6 Å². The Morgan fingerprint density at radius 2 is 2.21 bits per heavy atom. The molecule has 126 valence electrons. The second-order valence-corrected chi connectivity index (χ2v) is 5.93. The van der Waals surface area contributed by atoms with Gasteiger partial charge in [0.1, 0.15) is 5.82 Å². The Morgan fingerprint density at radius 1 is 1.46 bits per heavy atom. The SMILES string of the molecule is C[N+]#Cc1cc2cc(NC3CCN(C)CC3)nc(C(=O)OC)c2o1. The average Bonchev–Trinajstić information content (AvgIpc) is 2.98. The summed E-state index contributed by atoms with van der Waals surface area (Å²) in [6.45, 7) is 2.09. The number of aromatic nitrogens is 1. The Bertz CT molecular complexity index is 810. The van der Waals surface area contributed by atoms with Crippen LogP contribution in [0.1, 0.15) is 29.1 Å². The molecule has 0 radical (unpaired) electrons. The molecule has 1 saturated heterocycles. The number of likely N-dealkylation sites (tertiary alicyclic amines) is 1. The highest BCUT2D eigenvalue weighted by molar-refractivity contribution is 6.01. The summed E-state index contributed by atoms with van der Waals surface area (Å²) in [5.41, 5.74) is 0.552. The van der Waals surface area contributed by atoms with Gasteiger partial charge in [0.25, 0.3) is 12.8 Å². The summed E-state index contributed by atoms with van der Waals surface area (Å²) in [5.74, 6) is 0.579. The van der Waals surface area contributed by atoms with E-state index in [4.69, 9.17) is 9.15 Å². The van der Waals surface area contributed by atoms with Gasteiger partial charge in [-0.2, -0.15) is 0 Å². The predicted octanol–water partition coefficient (Wildman–Crippen LogP) is 2.43. The number of rotatable bonds is 3. The van der Waals surface area contributed by atoms with Crippen molar-refractivity contribution < 1.29 is 13.9 Å². The van der Waals surface area contributed by atoms with E-state index in [-0.39, 0.29) is 5.69 Å². The molecule has 0 spiro atoms. The minimum absolute atomic E-state index is 0.162. The lowest BCUT2D eigenvalue weighted by atomic mass is 10.1. The Labute approximate surface area is 140 Å². The van der Waals surface area contributed by atoms with Crippen LogP contribution < -0.4 is 5.32 Å². The average molecular weight is 329 g/mol. The summed E-state index contributed by atoms with van der Waals surface area (Å²) in [7, 11) is 5.06. The zero-order chi connectivity index (χ0) is 17.1. The number of fused-ring (bicyclic) bond motifs is 1. The number of carbonyl (C=O) groups is 1. The molecule has 1 aliphatic heterocycles. The lowest BCUT2D eigenvalue weighted by Crippen LogP contribution is -2.36. The van der Waals surface area contributed by atoms with Gasteiger partial charge in [0.2, 0.25) is 0 Å². The molecule has 7 nitrogen and oxygen atoms in total. The maximum atomic E-state index is 12.1. The number of pyridine rings is 1. The second-order valence-electron chi connectivity index (χ2n) is 5.93. The molecule has 0 amide bonds. The van der Waals surface area contributed by atoms with Crippen LogP contribution in [0.2, 0.25) is 0 Å². The highest BCUT2D eigenvalue weighted by Gasteiger charge is 2.22. The Kier molecular flexibility index (Phi) is 4.67. The number of carbonyl (C=O) groups excluding carboxylic acids is 1. The quantitative estimate of drug-likeness (QED) is 0.872. The Morgan fingerprint density at radius 3 is 2.88 bits per heavy atom. The van der Waals surface area contributed by atoms with Gasteiger partial charge in [-0.05, 0) is 39.0 Å². The van der Waals surface area contributed by atoms with Crippen molar-refractivity contribution in [3.05, 3.63) is 28.4 Å². The highest BCUT2D eigenvalue weighted by Crippen LogP contribution is 2.26. The molecule has 1 aliphatic rings. The fraction of sp³-hybridized carbons (Fsp3) is 0.471. The van der Waals surface area contributed by atoms with Crippen molar-refractivity contribution in [1.82, 2.24) is 9.88 Å². The number of nitrogens with zero attached hydrogens (tertiary/aromatic N) is 3. The predicted molar refractivity (Wildman–Crippen MR) is 91.8 cm³/mol. The molecule has 2 aromatic heterocycles. The van der Waals surface area contributed by atoms with E-state index in [1.807, 2.05) is 6.07 Å². The number of hydrogen-bond acceptors (Lipinski definition) is 6. The van der Waals surface area contributed by atoms with Crippen LogP contribution in [-0.4, -0.2) is 56.2 Å². The third-order valence-corrected chi connectivity index (χ3v) is 4.17. The summed E-state index contributed by atoms with van der Waals surface area (Å²) in [5, 5.41) is 4.19. The molecular formula is C17H21N4O3+. The molecule has 0 atom stereocenters. The summed E-state index contributed by atoms with van der Waals surface area (Å²) < 4.78 is 10.5. The van der Waals surface area contributed by atoms with Crippen LogP contribution in [0.4, 0.5) is 5.82 Å². The molecule has 0 aromatic carbocycles. The van der Waals surface area contributed by atoms with Crippen LogP contribution in [0.3, 0.4) is 0 Å². The van der Waals surface area contributed by atoms with Gasteiger partial charge in [-0.15, -0.1) is 0 Å². The van der Waals surface area contributed by atoms with E-state index in [0.717, 1.165) is 31.3 Å². The molecule has 1 N–H and O–H groups in total. The van der Waals surface area contributed by atoms with Crippen molar-refractivity contribution in [1.29, 1.82) is 0 Å². The summed E-state index contributed by atoms with van der Waals surface area (Å²) in [4.78, 5) is 22.6. The van der Waals surface area contributed by atoms with Crippen molar-refractivity contribution in [3.63, 3.8) is 0 Å². The Hall–Kier alpha value is -2.59. The molecule has 3 rings (SSSR count). The lowest BCUT2D eigenvalue weighted by molar-refractivity contribution is 0.0595. The zero-order valence-corrected chi connectivity index (χ0v) is 14.1. The fourth-order valence-corrected chi connectivity index (χ4v) is 2.88. The smallest absolute Gasteiger partial charge is 0.360 e. The molecule has 24 heavy (non-hydrogen) atoms. The van der Waals surface area contributed by atoms with E-state index in [2.05, 4.69) is 33.2 Å². The minimum Gasteiger partial charge on any atom is -0.464 e. The van der Waals surface area contributed by atoms with Crippen LogP contribution in [0, 0.1) is 6.07 Å². The molecule has 7 heteroatoms. The van der Waals surface area contributed by atoms with E-state index in [9.17, 15) is 4.79 Å². The van der Waals surface area contributed by atoms with Gasteiger partial charge < -0.3 is 19.4 Å². The topological polar surface area (TPSA) is 72.0 Å². The second kappa shape index (κ2) is 6.89. The highest BCUT2D eigenvalue weighted by atomic mass is 16.5. The number of ether oxygens (including phenoxy) is 1. The third kappa shape index (κ3) is 3.34. The van der Waals surface area contributed by atoms with Crippen LogP contribution in [0.5, 0.6) is 0 Å². The molecule has 0 aliphatic carbocycles. The molecule has 0 bridgehead atoms. The third-order valence-electron chi connectivity index (χ3n) is 4.17. The first-order valence-corrected chi connectivity index (χ1v) is 7.93. The number of esters is 1. The van der Waals surface area contributed by atoms with E-state index in [1.165, 1.54) is 7.11 Å². The monoisotopic (exact) mass is 329 g/mol. The van der Waals surface area contributed by atoms with E-state index >= 15 is 0 Å². The maximum Gasteiger partial charge on any atom is 0.360 e. The number of methoxy groups -OCH3 is 1. The molecule has 3 heterocycles. The van der Waals surface area contributed by atoms with Crippen LogP contribution in [0.25, 0.3) is 15.8 Å². The van der Waals surface area contributed by atoms with Gasteiger partial charge in [0, 0.05) is 17.5 Å². The van der Waals surface area contributed by atoms with Crippen LogP contribution in [-0.2, 0) is 4.74 Å².